The summed E-state index contributed by atoms with van der Waals surface area (Å²) in [6, 6.07) is 25.8. The maximum absolute atomic E-state index is 14.1. The van der Waals surface area contributed by atoms with Crippen molar-refractivity contribution in [3.63, 3.8) is 0 Å². The van der Waals surface area contributed by atoms with Gasteiger partial charge in [0.25, 0.3) is 0 Å². The van der Waals surface area contributed by atoms with Gasteiger partial charge in [0.1, 0.15) is 0 Å². The Labute approximate surface area is 299 Å². The van der Waals surface area contributed by atoms with Crippen molar-refractivity contribution in [2.24, 2.45) is 17.8 Å². The molecule has 0 bridgehead atoms. The average molecular weight is 674 g/mol. The molecule has 50 heavy (non-hydrogen) atoms. The molecule has 0 aliphatic carbocycles. The molecule has 5 atom stereocenters. The molecule has 0 radical (unpaired) electrons. The van der Waals surface area contributed by atoms with Crippen LogP contribution >= 0.6 is 0 Å². The lowest BCUT2D eigenvalue weighted by Gasteiger charge is -2.42. The minimum Gasteiger partial charge on any atom is -0.335 e. The van der Waals surface area contributed by atoms with Gasteiger partial charge < -0.3 is 14.7 Å². The first-order valence-electron chi connectivity index (χ1n) is 18.9. The van der Waals surface area contributed by atoms with E-state index >= 15 is 0 Å². The molecule has 6 nitrogen and oxygen atoms in total. The van der Waals surface area contributed by atoms with Gasteiger partial charge in [0, 0.05) is 50.6 Å². The molecule has 6 rings (SSSR count). The van der Waals surface area contributed by atoms with Crippen molar-refractivity contribution in [1.29, 1.82) is 0 Å². The highest BCUT2D eigenvalue weighted by Gasteiger charge is 2.36. The lowest BCUT2D eigenvalue weighted by atomic mass is 9.83. The minimum absolute atomic E-state index is 0.0282. The summed E-state index contributed by atoms with van der Waals surface area (Å²) in [5.74, 6) is 1.21. The van der Waals surface area contributed by atoms with E-state index < -0.39 is 0 Å². The molecule has 3 aromatic carbocycles. The van der Waals surface area contributed by atoms with Crippen molar-refractivity contribution >= 4 is 17.7 Å². The first-order chi connectivity index (χ1) is 24.1. The number of nitrogens with zero attached hydrogens (tertiary/aromatic N) is 3. The van der Waals surface area contributed by atoms with Gasteiger partial charge in [-0.05, 0) is 95.7 Å². The van der Waals surface area contributed by atoms with E-state index in [1.807, 2.05) is 11.0 Å². The zero-order valence-electron chi connectivity index (χ0n) is 30.5. The molecule has 5 unspecified atom stereocenters. The fourth-order valence-corrected chi connectivity index (χ4v) is 8.76. The van der Waals surface area contributed by atoms with Gasteiger partial charge in [-0.2, -0.15) is 0 Å². The quantitative estimate of drug-likeness (QED) is 0.195. The number of carbonyl (C=O) groups is 3. The Kier molecular flexibility index (Phi) is 11.2. The van der Waals surface area contributed by atoms with Gasteiger partial charge in [0.15, 0.2) is 0 Å². The molecule has 3 aromatic rings. The van der Waals surface area contributed by atoms with E-state index in [-0.39, 0.29) is 47.7 Å². The number of benzene rings is 3. The summed E-state index contributed by atoms with van der Waals surface area (Å²) in [5, 5.41) is 0. The zero-order valence-corrected chi connectivity index (χ0v) is 30.5. The van der Waals surface area contributed by atoms with Gasteiger partial charge in [-0.3, -0.25) is 14.4 Å². The third-order valence-corrected chi connectivity index (χ3v) is 11.9. The molecule has 264 valence electrons. The Balaban J connectivity index is 1.09. The van der Waals surface area contributed by atoms with Gasteiger partial charge in [0.2, 0.25) is 17.7 Å². The molecule has 0 saturated carbocycles. The molecule has 3 aliphatic rings. The van der Waals surface area contributed by atoms with E-state index in [0.29, 0.717) is 38.4 Å². The molecule has 0 saturated heterocycles. The Morgan fingerprint density at radius 3 is 1.50 bits per heavy atom. The minimum atomic E-state index is -0.0282. The maximum Gasteiger partial charge on any atom is 0.246 e. The molecule has 0 fully saturated rings. The third kappa shape index (κ3) is 7.75. The molecule has 0 N–H and O–H groups in total. The number of carbonyl (C=O) groups excluding carboxylic acids is 3. The Bertz CT molecular complexity index is 1700. The second kappa shape index (κ2) is 15.8. The molecule has 3 aliphatic heterocycles. The molecular weight excluding hydrogens is 619 g/mol. The van der Waals surface area contributed by atoms with Crippen LogP contribution in [0.4, 0.5) is 0 Å². The smallest absolute Gasteiger partial charge is 0.246 e. The first kappa shape index (κ1) is 35.6. The van der Waals surface area contributed by atoms with Crippen LogP contribution in [0.15, 0.2) is 85.5 Å². The van der Waals surface area contributed by atoms with Crippen LogP contribution in [0, 0.1) is 17.8 Å². The van der Waals surface area contributed by atoms with E-state index in [2.05, 4.69) is 111 Å². The van der Waals surface area contributed by atoms with Gasteiger partial charge >= 0.3 is 0 Å². The fourth-order valence-electron chi connectivity index (χ4n) is 8.76. The summed E-state index contributed by atoms with van der Waals surface area (Å²) in [5.41, 5.74) is 7.66. The number of rotatable bonds is 11. The Morgan fingerprint density at radius 2 is 1.00 bits per heavy atom. The van der Waals surface area contributed by atoms with E-state index in [0.717, 1.165) is 38.5 Å². The van der Waals surface area contributed by atoms with Crippen LogP contribution in [0.3, 0.4) is 0 Å². The SMILES string of the molecule is C=CC(=O)N1Cc2ccccc2CC1C(C)CCCC(=O)N1Cc2ccccc2CC1C(C)CCC(=O)N1Cc2ccccc2CC1C(C)C. The number of hydrogen-bond donors (Lipinski definition) is 0. The average Bonchev–Trinajstić information content (AvgIpc) is 3.14. The van der Waals surface area contributed by atoms with Crippen molar-refractivity contribution in [2.45, 2.75) is 117 Å². The van der Waals surface area contributed by atoms with Crippen LogP contribution < -0.4 is 0 Å². The van der Waals surface area contributed by atoms with E-state index in [4.69, 9.17) is 0 Å². The summed E-state index contributed by atoms with van der Waals surface area (Å²) in [6.07, 6.45) is 7.36. The molecule has 3 amide bonds. The van der Waals surface area contributed by atoms with Crippen molar-refractivity contribution in [2.75, 3.05) is 0 Å². The van der Waals surface area contributed by atoms with E-state index in [9.17, 15) is 14.4 Å². The van der Waals surface area contributed by atoms with Gasteiger partial charge in [-0.1, -0.05) is 107 Å². The van der Waals surface area contributed by atoms with Crippen LogP contribution in [0.5, 0.6) is 0 Å². The molecular formula is C44H55N3O3. The highest BCUT2D eigenvalue weighted by molar-refractivity contribution is 5.87. The van der Waals surface area contributed by atoms with E-state index in [1.54, 1.807) is 0 Å². The highest BCUT2D eigenvalue weighted by Crippen LogP contribution is 2.34. The van der Waals surface area contributed by atoms with Crippen LogP contribution in [0.1, 0.15) is 93.2 Å². The monoisotopic (exact) mass is 673 g/mol. The molecule has 6 heteroatoms. The lowest BCUT2D eigenvalue weighted by molar-refractivity contribution is -0.137. The fraction of sp³-hybridized carbons (Fsp3) is 0.477. The highest BCUT2D eigenvalue weighted by atomic mass is 16.2. The molecule has 0 aromatic heterocycles. The second-order valence-corrected chi connectivity index (χ2v) is 15.5. The van der Waals surface area contributed by atoms with Crippen molar-refractivity contribution < 1.29 is 14.4 Å². The Morgan fingerprint density at radius 1 is 0.600 bits per heavy atom. The van der Waals surface area contributed by atoms with Crippen molar-refractivity contribution in [1.82, 2.24) is 14.7 Å². The summed E-state index contributed by atoms with van der Waals surface area (Å²) < 4.78 is 0. The van der Waals surface area contributed by atoms with Gasteiger partial charge in [0.05, 0.1) is 0 Å². The molecule has 3 heterocycles. The number of amides is 3. The van der Waals surface area contributed by atoms with Crippen LogP contribution in [0.2, 0.25) is 0 Å². The summed E-state index contributed by atoms with van der Waals surface area (Å²) in [4.78, 5) is 47.0. The van der Waals surface area contributed by atoms with Crippen LogP contribution in [-0.4, -0.2) is 50.5 Å². The largest absolute Gasteiger partial charge is 0.335 e. The summed E-state index contributed by atoms with van der Waals surface area (Å²) in [7, 11) is 0. The zero-order chi connectivity index (χ0) is 35.4. The third-order valence-electron chi connectivity index (χ3n) is 11.9. The molecule has 0 spiro atoms. The van der Waals surface area contributed by atoms with E-state index in [1.165, 1.54) is 39.5 Å². The standard InChI is InChI=1S/C44H55N3O3/c1-6-42(48)46-28-37-19-11-8-16-34(37)25-40(46)31(4)14-13-21-43(49)47-29-38-20-12-9-17-35(38)26-41(47)32(5)22-23-44(50)45-27-36-18-10-7-15-33(36)24-39(45)30(2)3/h6-12,15-20,30-32,39-41H,1,13-14,21-29H2,2-5H3. The summed E-state index contributed by atoms with van der Waals surface area (Å²) in [6.45, 7) is 14.5. The van der Waals surface area contributed by atoms with Gasteiger partial charge in [-0.15, -0.1) is 0 Å². The first-order valence-corrected chi connectivity index (χ1v) is 18.9. The van der Waals surface area contributed by atoms with Crippen LogP contribution in [0.25, 0.3) is 0 Å². The van der Waals surface area contributed by atoms with Crippen molar-refractivity contribution in [3.8, 4) is 0 Å². The summed E-state index contributed by atoms with van der Waals surface area (Å²) >= 11 is 0. The predicted molar refractivity (Wildman–Crippen MR) is 200 cm³/mol. The number of fused-ring (bicyclic) bond motifs is 3. The Hall–Kier alpha value is -4.19. The van der Waals surface area contributed by atoms with Gasteiger partial charge in [-0.25, -0.2) is 0 Å². The van der Waals surface area contributed by atoms with Crippen molar-refractivity contribution in [3.05, 3.63) is 119 Å². The lowest BCUT2D eigenvalue weighted by Crippen LogP contribution is -2.49. The topological polar surface area (TPSA) is 60.9 Å². The normalized spacial score (nSPS) is 21.1. The number of hydrogen-bond acceptors (Lipinski definition) is 3. The predicted octanol–water partition coefficient (Wildman–Crippen LogP) is 7.91. The maximum atomic E-state index is 14.1. The second-order valence-electron chi connectivity index (χ2n) is 15.5. The van der Waals surface area contributed by atoms with Crippen LogP contribution in [-0.2, 0) is 53.3 Å².